The van der Waals surface area contributed by atoms with E-state index in [4.69, 9.17) is 16.7 Å². The largest absolute Gasteiger partial charge is 0.392 e. The highest BCUT2D eigenvalue weighted by atomic mass is 35.5. The summed E-state index contributed by atoms with van der Waals surface area (Å²) in [4.78, 5) is 2.13. The van der Waals surface area contributed by atoms with E-state index in [1.165, 1.54) is 0 Å². The molecule has 1 fully saturated rings. The summed E-state index contributed by atoms with van der Waals surface area (Å²) in [6.07, 6.45) is -0.306. The van der Waals surface area contributed by atoms with E-state index < -0.39 is 17.8 Å². The lowest BCUT2D eigenvalue weighted by Crippen LogP contribution is -2.46. The monoisotopic (exact) mass is 419 g/mol. The van der Waals surface area contributed by atoms with E-state index in [1.54, 1.807) is 36.4 Å². The Morgan fingerprint density at radius 2 is 1.59 bits per heavy atom. The van der Waals surface area contributed by atoms with Crippen LogP contribution in [0.5, 0.6) is 0 Å². The van der Waals surface area contributed by atoms with E-state index in [1.807, 2.05) is 19.1 Å². The Balaban J connectivity index is 1.54. The van der Waals surface area contributed by atoms with E-state index in [2.05, 4.69) is 4.90 Å². The highest BCUT2D eigenvalue weighted by Crippen LogP contribution is 2.34. The van der Waals surface area contributed by atoms with Gasteiger partial charge in [0.2, 0.25) is 0 Å². The van der Waals surface area contributed by atoms with Crippen molar-refractivity contribution in [1.29, 1.82) is 0 Å². The number of aliphatic hydroxyl groups excluding tert-OH is 3. The molecule has 1 heterocycles. The molecule has 2 aromatic rings. The number of β-amino-alcohol motifs (C(OH)–C–C–N with tert-alkyl or cyclic N) is 1. The molecule has 5 nitrogen and oxygen atoms in total. The molecular formula is C23H30ClNO4. The summed E-state index contributed by atoms with van der Waals surface area (Å²) in [5, 5.41) is 42.0. The molecule has 0 spiro atoms. The Morgan fingerprint density at radius 1 is 1.00 bits per heavy atom. The number of likely N-dealkylation sites (tertiary alicyclic amines) is 1. The third-order valence-corrected chi connectivity index (χ3v) is 6.37. The molecule has 0 aromatic heterocycles. The Bertz CT molecular complexity index is 772. The minimum Gasteiger partial charge on any atom is -0.392 e. The predicted molar refractivity (Wildman–Crippen MR) is 114 cm³/mol. The van der Waals surface area contributed by atoms with Gasteiger partial charge in [-0.3, -0.25) is 0 Å². The van der Waals surface area contributed by atoms with E-state index in [0.29, 0.717) is 37.5 Å². The lowest BCUT2D eigenvalue weighted by atomic mass is 9.84. The standard InChI is InChI=1S/C23H30ClNO4/c1-16(22(28)18-4-2-17(15-26)3-5-18)21(27)14-25-12-10-23(29,11-13-25)19-6-8-20(24)9-7-19/h2-9,16,21-22,26-29H,10-15H2,1H3/t16-,21+,22+/m0/s1. The first-order valence-electron chi connectivity index (χ1n) is 10.1. The SMILES string of the molecule is C[C@@H]([C@H](O)CN1CCC(O)(c2ccc(Cl)cc2)CC1)[C@@H](O)c1ccc(CO)cc1. The minimum atomic E-state index is -0.869. The van der Waals surface area contributed by atoms with Crippen LogP contribution in [0.25, 0.3) is 0 Å². The van der Waals surface area contributed by atoms with Crippen LogP contribution in [0.1, 0.15) is 42.6 Å². The molecular weight excluding hydrogens is 390 g/mol. The number of rotatable bonds is 7. The number of piperidine rings is 1. The van der Waals surface area contributed by atoms with Gasteiger partial charge in [0.15, 0.2) is 0 Å². The molecule has 3 rings (SSSR count). The molecule has 6 heteroatoms. The molecule has 0 amide bonds. The van der Waals surface area contributed by atoms with Gasteiger partial charge in [0.05, 0.1) is 24.4 Å². The average molecular weight is 420 g/mol. The molecule has 29 heavy (non-hydrogen) atoms. The Labute approximate surface area is 177 Å². The summed E-state index contributed by atoms with van der Waals surface area (Å²) in [6, 6.07) is 14.4. The van der Waals surface area contributed by atoms with Crippen molar-refractivity contribution in [2.75, 3.05) is 19.6 Å². The van der Waals surface area contributed by atoms with Gasteiger partial charge >= 0.3 is 0 Å². The van der Waals surface area contributed by atoms with Gasteiger partial charge in [0.1, 0.15) is 0 Å². The lowest BCUT2D eigenvalue weighted by Gasteiger charge is -2.40. The first kappa shape index (κ1) is 22.2. The fraction of sp³-hybridized carbons (Fsp3) is 0.478. The van der Waals surface area contributed by atoms with Crippen molar-refractivity contribution in [3.05, 3.63) is 70.2 Å². The van der Waals surface area contributed by atoms with Crippen molar-refractivity contribution in [3.8, 4) is 0 Å². The maximum atomic E-state index is 11.0. The van der Waals surface area contributed by atoms with Gasteiger partial charge in [-0.15, -0.1) is 0 Å². The molecule has 0 saturated carbocycles. The van der Waals surface area contributed by atoms with Crippen molar-refractivity contribution in [1.82, 2.24) is 4.90 Å². The van der Waals surface area contributed by atoms with Crippen LogP contribution in [0.3, 0.4) is 0 Å². The van der Waals surface area contributed by atoms with E-state index in [9.17, 15) is 15.3 Å². The van der Waals surface area contributed by atoms with Gasteiger partial charge in [-0.2, -0.15) is 0 Å². The van der Waals surface area contributed by atoms with Crippen LogP contribution in [0.2, 0.25) is 5.02 Å². The van der Waals surface area contributed by atoms with Gasteiger partial charge < -0.3 is 25.3 Å². The molecule has 0 aliphatic carbocycles. The first-order chi connectivity index (χ1) is 13.8. The maximum Gasteiger partial charge on any atom is 0.0920 e. The normalized spacial score (nSPS) is 20.2. The van der Waals surface area contributed by atoms with Crippen molar-refractivity contribution in [2.24, 2.45) is 5.92 Å². The van der Waals surface area contributed by atoms with Gasteiger partial charge in [-0.05, 0) is 41.7 Å². The van der Waals surface area contributed by atoms with Gasteiger partial charge in [-0.25, -0.2) is 0 Å². The van der Waals surface area contributed by atoms with Crippen LogP contribution < -0.4 is 0 Å². The summed E-state index contributed by atoms with van der Waals surface area (Å²) in [5.41, 5.74) is 1.52. The Hall–Kier alpha value is -1.47. The second-order valence-electron chi connectivity index (χ2n) is 8.11. The summed E-state index contributed by atoms with van der Waals surface area (Å²) in [6.45, 7) is 3.59. The van der Waals surface area contributed by atoms with E-state index in [-0.39, 0.29) is 12.5 Å². The van der Waals surface area contributed by atoms with E-state index in [0.717, 1.165) is 16.7 Å². The molecule has 1 aliphatic heterocycles. The Kier molecular flexibility index (Phi) is 7.32. The van der Waals surface area contributed by atoms with E-state index >= 15 is 0 Å². The lowest BCUT2D eigenvalue weighted by molar-refractivity contribution is -0.0475. The van der Waals surface area contributed by atoms with Crippen LogP contribution in [0.4, 0.5) is 0 Å². The molecule has 0 unspecified atom stereocenters. The van der Waals surface area contributed by atoms with Crippen LogP contribution in [0, 0.1) is 5.92 Å². The quantitative estimate of drug-likeness (QED) is 0.554. The highest BCUT2D eigenvalue weighted by Gasteiger charge is 2.35. The second kappa shape index (κ2) is 9.56. The third-order valence-electron chi connectivity index (χ3n) is 6.12. The van der Waals surface area contributed by atoms with Crippen LogP contribution >= 0.6 is 11.6 Å². The fourth-order valence-corrected chi connectivity index (χ4v) is 4.05. The van der Waals surface area contributed by atoms with Crippen molar-refractivity contribution >= 4 is 11.6 Å². The number of hydrogen-bond donors (Lipinski definition) is 4. The first-order valence-corrected chi connectivity index (χ1v) is 10.5. The zero-order valence-corrected chi connectivity index (χ0v) is 17.5. The molecule has 0 radical (unpaired) electrons. The zero-order valence-electron chi connectivity index (χ0n) is 16.7. The van der Waals surface area contributed by atoms with Gasteiger partial charge in [0.25, 0.3) is 0 Å². The molecule has 4 N–H and O–H groups in total. The number of benzene rings is 2. The average Bonchev–Trinajstić information content (AvgIpc) is 2.75. The fourth-order valence-electron chi connectivity index (χ4n) is 3.92. The molecule has 2 aromatic carbocycles. The summed E-state index contributed by atoms with van der Waals surface area (Å²) in [7, 11) is 0. The number of nitrogens with zero attached hydrogens (tertiary/aromatic N) is 1. The molecule has 0 bridgehead atoms. The van der Waals surface area contributed by atoms with Crippen LogP contribution in [-0.2, 0) is 12.2 Å². The van der Waals surface area contributed by atoms with Gasteiger partial charge in [-0.1, -0.05) is 54.9 Å². The zero-order chi connectivity index (χ0) is 21.0. The maximum absolute atomic E-state index is 11.0. The smallest absolute Gasteiger partial charge is 0.0920 e. The van der Waals surface area contributed by atoms with Crippen molar-refractivity contribution < 1.29 is 20.4 Å². The second-order valence-corrected chi connectivity index (χ2v) is 8.55. The molecule has 1 aliphatic rings. The molecule has 3 atom stereocenters. The number of hydrogen-bond acceptors (Lipinski definition) is 5. The van der Waals surface area contributed by atoms with Crippen molar-refractivity contribution in [3.63, 3.8) is 0 Å². The highest BCUT2D eigenvalue weighted by molar-refractivity contribution is 6.30. The summed E-state index contributed by atoms with van der Waals surface area (Å²) < 4.78 is 0. The number of halogens is 1. The molecule has 1 saturated heterocycles. The summed E-state index contributed by atoms with van der Waals surface area (Å²) >= 11 is 5.94. The topological polar surface area (TPSA) is 84.2 Å². The third kappa shape index (κ3) is 5.37. The van der Waals surface area contributed by atoms with Crippen LogP contribution in [-0.4, -0.2) is 51.1 Å². The molecule has 158 valence electrons. The predicted octanol–water partition coefficient (Wildman–Crippen LogP) is 2.85. The Morgan fingerprint density at radius 3 is 2.14 bits per heavy atom. The van der Waals surface area contributed by atoms with Crippen molar-refractivity contribution in [2.45, 2.75) is 44.2 Å². The van der Waals surface area contributed by atoms with Crippen LogP contribution in [0.15, 0.2) is 48.5 Å². The van der Waals surface area contributed by atoms with Gasteiger partial charge in [0, 0.05) is 30.6 Å². The summed E-state index contributed by atoms with van der Waals surface area (Å²) in [5.74, 6) is -0.341. The minimum absolute atomic E-state index is 0.0358. The number of aliphatic hydroxyl groups is 4.